The van der Waals surface area contributed by atoms with Crippen LogP contribution >= 0.6 is 23.4 Å². The van der Waals surface area contributed by atoms with Crippen molar-refractivity contribution in [1.82, 2.24) is 0 Å². The smallest absolute Gasteiger partial charge is 0.100 e. The van der Waals surface area contributed by atoms with E-state index in [9.17, 15) is 0 Å². The number of alkyl halides is 1. The fourth-order valence-electron chi connectivity index (χ4n) is 1.25. The SMILES string of the molecule is Cc1ccc(C#N)c(SC(C)CCCl)c1. The summed E-state index contributed by atoms with van der Waals surface area (Å²) in [5.74, 6) is 0.669. The van der Waals surface area contributed by atoms with Gasteiger partial charge in [-0.2, -0.15) is 5.26 Å². The lowest BCUT2D eigenvalue weighted by atomic mass is 10.2. The number of halogens is 1. The lowest BCUT2D eigenvalue weighted by Gasteiger charge is -2.10. The van der Waals surface area contributed by atoms with Gasteiger partial charge in [0.25, 0.3) is 0 Å². The third kappa shape index (κ3) is 3.77. The highest BCUT2D eigenvalue weighted by Crippen LogP contribution is 2.29. The topological polar surface area (TPSA) is 23.8 Å². The normalized spacial score (nSPS) is 12.1. The number of hydrogen-bond donors (Lipinski definition) is 0. The average Bonchev–Trinajstić information content (AvgIpc) is 2.18. The zero-order valence-corrected chi connectivity index (χ0v) is 10.5. The lowest BCUT2D eigenvalue weighted by molar-refractivity contribution is 0.912. The highest BCUT2D eigenvalue weighted by molar-refractivity contribution is 8.00. The number of rotatable bonds is 4. The van der Waals surface area contributed by atoms with E-state index in [-0.39, 0.29) is 0 Å². The molecule has 0 bridgehead atoms. The number of hydrogen-bond acceptors (Lipinski definition) is 2. The Kier molecular flexibility index (Phi) is 5.01. The maximum atomic E-state index is 8.96. The summed E-state index contributed by atoms with van der Waals surface area (Å²) >= 11 is 7.42. The van der Waals surface area contributed by atoms with E-state index < -0.39 is 0 Å². The van der Waals surface area contributed by atoms with Gasteiger partial charge in [0.15, 0.2) is 0 Å². The second-order valence-electron chi connectivity index (χ2n) is 3.52. The quantitative estimate of drug-likeness (QED) is 0.586. The minimum atomic E-state index is 0.455. The number of nitrogens with zero attached hydrogens (tertiary/aromatic N) is 1. The van der Waals surface area contributed by atoms with Crippen LogP contribution in [0.15, 0.2) is 23.1 Å². The van der Waals surface area contributed by atoms with Gasteiger partial charge in [0.2, 0.25) is 0 Å². The van der Waals surface area contributed by atoms with Crippen LogP contribution in [-0.2, 0) is 0 Å². The van der Waals surface area contributed by atoms with Gasteiger partial charge >= 0.3 is 0 Å². The van der Waals surface area contributed by atoms with Crippen molar-refractivity contribution in [3.63, 3.8) is 0 Å². The molecule has 0 spiro atoms. The van der Waals surface area contributed by atoms with Crippen molar-refractivity contribution in [3.05, 3.63) is 29.3 Å². The summed E-state index contributed by atoms with van der Waals surface area (Å²) in [6.45, 7) is 4.17. The Labute approximate surface area is 100 Å². The molecule has 0 radical (unpaired) electrons. The Balaban J connectivity index is 2.83. The molecule has 1 unspecified atom stereocenters. The number of aryl methyl sites for hydroxylation is 1. The fourth-order valence-corrected chi connectivity index (χ4v) is 2.87. The van der Waals surface area contributed by atoms with E-state index in [0.717, 1.165) is 16.9 Å². The summed E-state index contributed by atoms with van der Waals surface area (Å²) in [7, 11) is 0. The molecule has 1 atom stereocenters. The Morgan fingerprint density at radius 2 is 2.27 bits per heavy atom. The van der Waals surface area contributed by atoms with Crippen molar-refractivity contribution in [1.29, 1.82) is 5.26 Å². The largest absolute Gasteiger partial charge is 0.192 e. The van der Waals surface area contributed by atoms with Crippen LogP contribution in [0.1, 0.15) is 24.5 Å². The molecule has 0 saturated heterocycles. The summed E-state index contributed by atoms with van der Waals surface area (Å²) in [6.07, 6.45) is 0.963. The second-order valence-corrected chi connectivity index (χ2v) is 5.38. The molecule has 0 fully saturated rings. The molecule has 0 amide bonds. The minimum absolute atomic E-state index is 0.455. The second kappa shape index (κ2) is 6.05. The number of benzene rings is 1. The molecule has 0 aliphatic rings. The predicted octanol–water partition coefficient (Wildman–Crippen LogP) is 3.98. The van der Waals surface area contributed by atoms with Crippen LogP contribution in [0.2, 0.25) is 0 Å². The van der Waals surface area contributed by atoms with Gasteiger partial charge in [-0.1, -0.05) is 13.0 Å². The highest BCUT2D eigenvalue weighted by atomic mass is 35.5. The van der Waals surface area contributed by atoms with Crippen LogP contribution in [0.25, 0.3) is 0 Å². The molecule has 0 aliphatic carbocycles. The van der Waals surface area contributed by atoms with E-state index in [1.54, 1.807) is 11.8 Å². The zero-order chi connectivity index (χ0) is 11.3. The summed E-state index contributed by atoms with van der Waals surface area (Å²) in [5, 5.41) is 9.42. The first-order valence-electron chi connectivity index (χ1n) is 4.90. The molecule has 0 saturated carbocycles. The summed E-state index contributed by atoms with van der Waals surface area (Å²) < 4.78 is 0. The van der Waals surface area contributed by atoms with Crippen molar-refractivity contribution < 1.29 is 0 Å². The molecule has 3 heteroatoms. The predicted molar refractivity (Wildman–Crippen MR) is 66.6 cm³/mol. The standard InChI is InChI=1S/C12H14ClNS/c1-9-3-4-11(8-14)12(7-9)15-10(2)5-6-13/h3-4,7,10H,5-6H2,1-2H3. The first-order chi connectivity index (χ1) is 7.17. The van der Waals surface area contributed by atoms with E-state index in [2.05, 4.69) is 19.1 Å². The van der Waals surface area contributed by atoms with Crippen molar-refractivity contribution >= 4 is 23.4 Å². The van der Waals surface area contributed by atoms with Gasteiger partial charge in [0.05, 0.1) is 5.56 Å². The monoisotopic (exact) mass is 239 g/mol. The van der Waals surface area contributed by atoms with Crippen molar-refractivity contribution in [2.24, 2.45) is 0 Å². The molecule has 1 aromatic carbocycles. The molecule has 0 N–H and O–H groups in total. The van der Waals surface area contributed by atoms with Crippen LogP contribution in [0.3, 0.4) is 0 Å². The molecule has 1 nitrogen and oxygen atoms in total. The molecule has 0 aliphatic heterocycles. The van der Waals surface area contributed by atoms with Crippen LogP contribution in [0.5, 0.6) is 0 Å². The first kappa shape index (κ1) is 12.4. The zero-order valence-electron chi connectivity index (χ0n) is 8.96. The molecule has 1 rings (SSSR count). The van der Waals surface area contributed by atoms with Crippen molar-refractivity contribution in [2.75, 3.05) is 5.88 Å². The number of nitriles is 1. The van der Waals surface area contributed by atoms with Gasteiger partial charge in [0, 0.05) is 16.0 Å². The van der Waals surface area contributed by atoms with Gasteiger partial charge in [0.1, 0.15) is 6.07 Å². The third-order valence-corrected chi connectivity index (χ3v) is 3.55. The molecule has 0 heterocycles. The molecule has 0 aromatic heterocycles. The molecular weight excluding hydrogens is 226 g/mol. The molecular formula is C12H14ClNS. The third-order valence-electron chi connectivity index (χ3n) is 2.10. The van der Waals surface area contributed by atoms with E-state index >= 15 is 0 Å². The van der Waals surface area contributed by atoms with Crippen LogP contribution in [0.4, 0.5) is 0 Å². The average molecular weight is 240 g/mol. The lowest BCUT2D eigenvalue weighted by Crippen LogP contribution is -1.97. The van der Waals surface area contributed by atoms with Crippen LogP contribution in [-0.4, -0.2) is 11.1 Å². The Hall–Kier alpha value is -0.650. The van der Waals surface area contributed by atoms with E-state index in [0.29, 0.717) is 11.1 Å². The van der Waals surface area contributed by atoms with Crippen molar-refractivity contribution in [3.8, 4) is 6.07 Å². The van der Waals surface area contributed by atoms with E-state index in [4.69, 9.17) is 16.9 Å². The van der Waals surface area contributed by atoms with Gasteiger partial charge < -0.3 is 0 Å². The van der Waals surface area contributed by atoms with Gasteiger partial charge in [-0.25, -0.2) is 0 Å². The molecule has 15 heavy (non-hydrogen) atoms. The van der Waals surface area contributed by atoms with Gasteiger partial charge in [-0.3, -0.25) is 0 Å². The molecule has 1 aromatic rings. The number of thioether (sulfide) groups is 1. The van der Waals surface area contributed by atoms with E-state index in [1.165, 1.54) is 5.56 Å². The van der Waals surface area contributed by atoms with Crippen LogP contribution in [0, 0.1) is 18.3 Å². The summed E-state index contributed by atoms with van der Waals surface area (Å²) in [6, 6.07) is 8.13. The Bertz CT molecular complexity index is 370. The Morgan fingerprint density at radius 3 is 2.87 bits per heavy atom. The maximum Gasteiger partial charge on any atom is 0.100 e. The molecule has 80 valence electrons. The summed E-state index contributed by atoms with van der Waals surface area (Å²) in [4.78, 5) is 1.06. The fraction of sp³-hybridized carbons (Fsp3) is 0.417. The van der Waals surface area contributed by atoms with E-state index in [1.807, 2.05) is 19.1 Å². The highest BCUT2D eigenvalue weighted by Gasteiger charge is 2.08. The van der Waals surface area contributed by atoms with Gasteiger partial charge in [-0.15, -0.1) is 23.4 Å². The minimum Gasteiger partial charge on any atom is -0.192 e. The Morgan fingerprint density at radius 1 is 1.53 bits per heavy atom. The van der Waals surface area contributed by atoms with Gasteiger partial charge in [-0.05, 0) is 31.0 Å². The summed E-state index contributed by atoms with van der Waals surface area (Å²) in [5.41, 5.74) is 1.95. The maximum absolute atomic E-state index is 8.96. The first-order valence-corrected chi connectivity index (χ1v) is 6.32. The van der Waals surface area contributed by atoms with Crippen molar-refractivity contribution in [2.45, 2.75) is 30.4 Å². The van der Waals surface area contributed by atoms with Crippen LogP contribution < -0.4 is 0 Å².